The highest BCUT2D eigenvalue weighted by molar-refractivity contribution is 5.77. The average molecular weight is 551 g/mol. The SMILES string of the molecule is CCCCON1C(=O)N2C[C@@H]1CC[C@H]2c1nnc([C@H]2C[C@H](NC(=O)OC(C)(C)C)CN2C(=O)OC(C)(C)C)o1. The van der Waals surface area contributed by atoms with Crippen LogP contribution in [0.5, 0.6) is 0 Å². The number of rotatable bonds is 7. The van der Waals surface area contributed by atoms with Gasteiger partial charge in [-0.2, -0.15) is 5.06 Å². The number of hydrogen-bond acceptors (Lipinski definition) is 9. The van der Waals surface area contributed by atoms with Gasteiger partial charge in [0.1, 0.15) is 23.3 Å². The lowest BCUT2D eigenvalue weighted by molar-refractivity contribution is -0.130. The lowest BCUT2D eigenvalue weighted by Crippen LogP contribution is -2.42. The van der Waals surface area contributed by atoms with Gasteiger partial charge in [-0.15, -0.1) is 10.2 Å². The summed E-state index contributed by atoms with van der Waals surface area (Å²) in [5.41, 5.74) is -1.37. The van der Waals surface area contributed by atoms with E-state index in [4.69, 9.17) is 18.7 Å². The second-order valence-electron chi connectivity index (χ2n) is 12.4. The molecule has 4 heterocycles. The highest BCUT2D eigenvalue weighted by Gasteiger charge is 2.48. The van der Waals surface area contributed by atoms with Gasteiger partial charge in [0.15, 0.2) is 0 Å². The largest absolute Gasteiger partial charge is 0.444 e. The zero-order chi connectivity index (χ0) is 28.5. The third-order valence-corrected chi connectivity index (χ3v) is 6.73. The van der Waals surface area contributed by atoms with Gasteiger partial charge in [-0.1, -0.05) is 13.3 Å². The molecule has 3 aliphatic heterocycles. The summed E-state index contributed by atoms with van der Waals surface area (Å²) in [6, 6.07) is -1.58. The Labute approximate surface area is 229 Å². The van der Waals surface area contributed by atoms with Crippen LogP contribution in [-0.4, -0.2) is 86.3 Å². The minimum absolute atomic E-state index is 0.00479. The molecular formula is C26H42N6O7. The highest BCUT2D eigenvalue weighted by atomic mass is 16.7. The summed E-state index contributed by atoms with van der Waals surface area (Å²) in [6.07, 6.45) is 2.51. The number of piperidine rings is 1. The quantitative estimate of drug-likeness (QED) is 0.492. The number of carbonyl (C=O) groups is 3. The van der Waals surface area contributed by atoms with Crippen LogP contribution in [-0.2, 0) is 14.3 Å². The van der Waals surface area contributed by atoms with Gasteiger partial charge in [0.25, 0.3) is 0 Å². The molecule has 1 N–H and O–H groups in total. The van der Waals surface area contributed by atoms with Gasteiger partial charge in [0.2, 0.25) is 11.8 Å². The van der Waals surface area contributed by atoms with Gasteiger partial charge in [-0.05, 0) is 67.2 Å². The van der Waals surface area contributed by atoms with Crippen LogP contribution in [0.2, 0.25) is 0 Å². The van der Waals surface area contributed by atoms with Crippen molar-refractivity contribution < 1.29 is 33.1 Å². The molecule has 13 heteroatoms. The number of hydroxylamine groups is 2. The number of carbonyl (C=O) groups excluding carboxylic acids is 3. The second-order valence-corrected chi connectivity index (χ2v) is 12.4. The van der Waals surface area contributed by atoms with E-state index in [1.165, 1.54) is 9.96 Å². The number of ether oxygens (including phenoxy) is 2. The minimum atomic E-state index is -0.710. The zero-order valence-electron chi connectivity index (χ0n) is 24.1. The number of amides is 4. The van der Waals surface area contributed by atoms with E-state index in [9.17, 15) is 14.4 Å². The number of nitrogens with zero attached hydrogens (tertiary/aromatic N) is 5. The summed E-state index contributed by atoms with van der Waals surface area (Å²) >= 11 is 0. The number of urea groups is 1. The van der Waals surface area contributed by atoms with Crippen LogP contribution in [0.15, 0.2) is 4.42 Å². The molecule has 13 nitrogen and oxygen atoms in total. The Balaban J connectivity index is 1.49. The van der Waals surface area contributed by atoms with Crippen molar-refractivity contribution in [3.8, 4) is 0 Å². The first kappa shape index (κ1) is 28.9. The van der Waals surface area contributed by atoms with Gasteiger partial charge in [-0.3, -0.25) is 9.74 Å². The predicted molar refractivity (Wildman–Crippen MR) is 138 cm³/mol. The maximum absolute atomic E-state index is 13.1. The monoisotopic (exact) mass is 550 g/mol. The standard InChI is InChI=1S/C26H42N6O7/c1-8-9-12-36-32-17-10-11-18(30(15-17)23(32)34)20-28-29-21(37-20)19-13-16(27-22(33)38-25(2,3)4)14-31(19)24(35)39-26(5,6)7/h16-19H,8-15H2,1-7H3,(H,27,33)/t16-,17-,18-,19+/m0/s1. The van der Waals surface area contributed by atoms with Crippen molar-refractivity contribution >= 4 is 18.2 Å². The van der Waals surface area contributed by atoms with E-state index >= 15 is 0 Å². The Bertz CT molecular complexity index is 1050. The van der Waals surface area contributed by atoms with Crippen molar-refractivity contribution in [3.63, 3.8) is 0 Å². The summed E-state index contributed by atoms with van der Waals surface area (Å²) < 4.78 is 17.1. The van der Waals surface area contributed by atoms with E-state index in [0.717, 1.165) is 19.3 Å². The summed E-state index contributed by atoms with van der Waals surface area (Å²) in [4.78, 5) is 47.6. The van der Waals surface area contributed by atoms with Crippen molar-refractivity contribution in [1.29, 1.82) is 0 Å². The minimum Gasteiger partial charge on any atom is -0.444 e. The molecule has 4 rings (SSSR count). The van der Waals surface area contributed by atoms with Crippen LogP contribution in [0.3, 0.4) is 0 Å². The fourth-order valence-electron chi connectivity index (χ4n) is 5.05. The maximum atomic E-state index is 13.1. The lowest BCUT2D eigenvalue weighted by Gasteiger charge is -2.28. The van der Waals surface area contributed by atoms with Crippen LogP contribution >= 0.6 is 0 Å². The number of fused-ring (bicyclic) bond motifs is 2. The lowest BCUT2D eigenvalue weighted by atomic mass is 10.0. The fourth-order valence-corrected chi connectivity index (χ4v) is 5.05. The maximum Gasteiger partial charge on any atom is 0.411 e. The van der Waals surface area contributed by atoms with E-state index < -0.39 is 35.5 Å². The molecule has 0 saturated carbocycles. The van der Waals surface area contributed by atoms with Crippen molar-refractivity contribution in [3.05, 3.63) is 11.8 Å². The smallest absolute Gasteiger partial charge is 0.411 e. The van der Waals surface area contributed by atoms with Gasteiger partial charge >= 0.3 is 18.2 Å². The van der Waals surface area contributed by atoms with Gasteiger partial charge in [-0.25, -0.2) is 14.4 Å². The third-order valence-electron chi connectivity index (χ3n) is 6.73. The molecule has 2 bridgehead atoms. The second kappa shape index (κ2) is 11.2. The molecule has 4 amide bonds. The highest BCUT2D eigenvalue weighted by Crippen LogP contribution is 2.40. The molecule has 0 radical (unpaired) electrons. The first-order valence-electron chi connectivity index (χ1n) is 13.8. The van der Waals surface area contributed by atoms with Crippen LogP contribution in [0.4, 0.5) is 14.4 Å². The first-order chi connectivity index (χ1) is 18.3. The Morgan fingerprint density at radius 3 is 2.31 bits per heavy atom. The molecular weight excluding hydrogens is 508 g/mol. The van der Waals surface area contributed by atoms with Gasteiger partial charge in [0.05, 0.1) is 18.7 Å². The Hall–Kier alpha value is -3.09. The Kier molecular flexibility index (Phi) is 8.29. The molecule has 3 fully saturated rings. The Morgan fingerprint density at radius 2 is 1.67 bits per heavy atom. The van der Waals surface area contributed by atoms with Crippen LogP contribution in [0, 0.1) is 0 Å². The number of nitrogens with one attached hydrogen (secondary N) is 1. The van der Waals surface area contributed by atoms with E-state index in [1.807, 2.05) is 0 Å². The molecule has 0 aliphatic carbocycles. The first-order valence-corrected chi connectivity index (χ1v) is 13.8. The van der Waals surface area contributed by atoms with Gasteiger partial charge < -0.3 is 24.1 Å². The van der Waals surface area contributed by atoms with E-state index in [-0.39, 0.29) is 30.6 Å². The topological polar surface area (TPSA) is 140 Å². The van der Waals surface area contributed by atoms with Crippen LogP contribution < -0.4 is 5.32 Å². The van der Waals surface area contributed by atoms with E-state index in [0.29, 0.717) is 31.9 Å². The molecule has 3 aliphatic rings. The van der Waals surface area contributed by atoms with Crippen molar-refractivity contribution in [2.75, 3.05) is 19.7 Å². The predicted octanol–water partition coefficient (Wildman–Crippen LogP) is 4.32. The number of likely N-dealkylation sites (tertiary alicyclic amines) is 1. The van der Waals surface area contributed by atoms with Crippen molar-refractivity contribution in [2.24, 2.45) is 0 Å². The summed E-state index contributed by atoms with van der Waals surface area (Å²) in [6.45, 7) is 14.0. The molecule has 3 saturated heterocycles. The molecule has 0 aromatic carbocycles. The average Bonchev–Trinajstić information content (AvgIpc) is 3.51. The van der Waals surface area contributed by atoms with Crippen LogP contribution in [0.25, 0.3) is 0 Å². The van der Waals surface area contributed by atoms with Gasteiger partial charge in [0, 0.05) is 13.1 Å². The van der Waals surface area contributed by atoms with Crippen molar-refractivity contribution in [2.45, 2.75) is 116 Å². The molecule has 0 spiro atoms. The molecule has 218 valence electrons. The molecule has 1 aromatic heterocycles. The van der Waals surface area contributed by atoms with E-state index in [2.05, 4.69) is 22.4 Å². The van der Waals surface area contributed by atoms with Crippen molar-refractivity contribution in [1.82, 2.24) is 30.4 Å². The number of unbranched alkanes of at least 4 members (excludes halogenated alkanes) is 1. The van der Waals surface area contributed by atoms with E-state index in [1.54, 1.807) is 46.4 Å². The summed E-state index contributed by atoms with van der Waals surface area (Å²) in [5, 5.41) is 12.9. The summed E-state index contributed by atoms with van der Waals surface area (Å²) in [5.74, 6) is 0.550. The Morgan fingerprint density at radius 1 is 1.00 bits per heavy atom. The summed E-state index contributed by atoms with van der Waals surface area (Å²) in [7, 11) is 0. The third kappa shape index (κ3) is 6.92. The number of alkyl carbamates (subject to hydrolysis) is 1. The molecule has 39 heavy (non-hydrogen) atoms. The molecule has 1 aromatic rings. The van der Waals surface area contributed by atoms with Crippen LogP contribution in [0.1, 0.15) is 104 Å². The number of hydrogen-bond donors (Lipinski definition) is 1. The molecule has 4 atom stereocenters. The zero-order valence-corrected chi connectivity index (χ0v) is 24.1. The molecule has 0 unspecified atom stereocenters. The normalized spacial score (nSPS) is 25.3. The number of aromatic nitrogens is 2. The fraction of sp³-hybridized carbons (Fsp3) is 0.808.